The van der Waals surface area contributed by atoms with Crippen LogP contribution in [0, 0.1) is 0 Å². The van der Waals surface area contributed by atoms with Crippen molar-refractivity contribution in [1.29, 1.82) is 0 Å². The van der Waals surface area contributed by atoms with Crippen LogP contribution in [0.3, 0.4) is 0 Å². The van der Waals surface area contributed by atoms with Crippen molar-refractivity contribution < 1.29 is 33.4 Å². The maximum atomic E-state index is 13.1. The van der Waals surface area contributed by atoms with Gasteiger partial charge in [-0.1, -0.05) is 38.1 Å². The Bertz CT molecular complexity index is 2080. The number of aryl methyl sites for hydroxylation is 1. The number of carbonyl (C=O) groups is 4. The number of ether oxygens (including phenoxy) is 3. The van der Waals surface area contributed by atoms with Gasteiger partial charge in [0.25, 0.3) is 5.91 Å². The summed E-state index contributed by atoms with van der Waals surface area (Å²) < 4.78 is 19.3. The van der Waals surface area contributed by atoms with E-state index < -0.39 is 11.9 Å². The zero-order valence-corrected chi connectivity index (χ0v) is 32.8. The number of nitrogens with zero attached hydrogens (tertiary/aromatic N) is 6. The van der Waals surface area contributed by atoms with Gasteiger partial charge in [-0.3, -0.25) is 24.5 Å². The maximum Gasteiger partial charge on any atom is 0.322 e. The summed E-state index contributed by atoms with van der Waals surface area (Å²) in [5.41, 5.74) is 5.97. The summed E-state index contributed by atoms with van der Waals surface area (Å²) >= 11 is 0. The summed E-state index contributed by atoms with van der Waals surface area (Å²) in [5, 5.41) is 13.2. The Balaban J connectivity index is 0.808. The summed E-state index contributed by atoms with van der Waals surface area (Å²) in [6, 6.07) is 12.9. The fraction of sp³-hybridized carbons (Fsp3) is 0.488. The minimum Gasteiger partial charge on any atom is -0.460 e. The molecule has 0 saturated carbocycles. The van der Waals surface area contributed by atoms with Crippen LogP contribution in [0.4, 0.5) is 11.6 Å². The minimum atomic E-state index is -0.636. The molecule has 4 aromatic rings. The second-order valence-corrected chi connectivity index (χ2v) is 15.2. The van der Waals surface area contributed by atoms with Gasteiger partial charge in [-0.15, -0.1) is 0 Å². The largest absolute Gasteiger partial charge is 0.460 e. The highest BCUT2D eigenvalue weighted by Gasteiger charge is 2.39. The number of rotatable bonds is 17. The molecule has 0 bridgehead atoms. The summed E-state index contributed by atoms with van der Waals surface area (Å²) in [6.07, 6.45) is 5.75. The first-order valence-corrected chi connectivity index (χ1v) is 19.8. The second kappa shape index (κ2) is 18.2. The molecule has 5 heterocycles. The molecule has 1 unspecified atom stereocenters. The summed E-state index contributed by atoms with van der Waals surface area (Å²) in [5.74, 6) is -0.378. The van der Waals surface area contributed by atoms with E-state index in [0.29, 0.717) is 62.4 Å². The van der Waals surface area contributed by atoms with Gasteiger partial charge in [0.2, 0.25) is 23.7 Å². The lowest BCUT2D eigenvalue weighted by molar-refractivity contribution is -0.137. The van der Waals surface area contributed by atoms with E-state index in [4.69, 9.17) is 24.2 Å². The maximum absolute atomic E-state index is 13.1. The lowest BCUT2D eigenvalue weighted by Crippen LogP contribution is -2.52. The van der Waals surface area contributed by atoms with Gasteiger partial charge in [-0.05, 0) is 80.0 Å². The number of imide groups is 1. The fourth-order valence-corrected chi connectivity index (χ4v) is 7.42. The van der Waals surface area contributed by atoms with Crippen LogP contribution >= 0.6 is 0 Å². The van der Waals surface area contributed by atoms with Gasteiger partial charge in [0.1, 0.15) is 18.8 Å². The van der Waals surface area contributed by atoms with Crippen LogP contribution in [-0.2, 0) is 43.4 Å². The van der Waals surface area contributed by atoms with Gasteiger partial charge in [0.15, 0.2) is 5.65 Å². The van der Waals surface area contributed by atoms with Gasteiger partial charge in [0.05, 0.1) is 19.4 Å². The van der Waals surface area contributed by atoms with Crippen LogP contribution in [0.2, 0.25) is 0 Å². The first kappa shape index (κ1) is 39.8. The third kappa shape index (κ3) is 9.75. The number of nitrogens with one attached hydrogen (secondary N) is 3. The molecule has 4 amide bonds. The molecule has 2 saturated heterocycles. The molecule has 3 aliphatic heterocycles. The number of benzene rings is 2. The normalized spacial score (nSPS) is 17.6. The Morgan fingerprint density at radius 1 is 0.982 bits per heavy atom. The summed E-state index contributed by atoms with van der Waals surface area (Å²) in [6.45, 7) is 8.00. The molecule has 302 valence electrons. The number of anilines is 2. The van der Waals surface area contributed by atoms with E-state index in [1.165, 1.54) is 0 Å². The lowest BCUT2D eigenvalue weighted by atomic mass is 10.00. The zero-order chi connectivity index (χ0) is 39.9. The minimum absolute atomic E-state index is 0.0705. The Labute approximate surface area is 331 Å². The molecule has 0 spiro atoms. The van der Waals surface area contributed by atoms with E-state index in [-0.39, 0.29) is 49.4 Å². The predicted molar refractivity (Wildman–Crippen MR) is 211 cm³/mol. The van der Waals surface area contributed by atoms with Crippen molar-refractivity contribution in [3.8, 4) is 6.01 Å². The number of fused-ring (bicyclic) bond motifs is 2. The van der Waals surface area contributed by atoms with Crippen molar-refractivity contribution in [2.24, 2.45) is 0 Å². The topological polar surface area (TPSA) is 182 Å². The molecule has 3 N–H and O–H groups in total. The SMILES string of the molecule is CC(C)c1cnn2c(NCc3ccc(NC(=O)COCCOCCCc4cccc5c4CN(C4CCC(=O)NC4=O)C5=O)cc3)nc(OC3CCN(C)CC3)nc12. The molecule has 2 fully saturated rings. The van der Waals surface area contributed by atoms with Crippen molar-refractivity contribution in [1.82, 2.24) is 34.7 Å². The smallest absolute Gasteiger partial charge is 0.322 e. The van der Waals surface area contributed by atoms with Crippen molar-refractivity contribution >= 4 is 40.9 Å². The van der Waals surface area contributed by atoms with E-state index in [0.717, 1.165) is 60.3 Å². The molecule has 16 nitrogen and oxygen atoms in total. The molecule has 1 atom stereocenters. The monoisotopic (exact) mass is 781 g/mol. The molecule has 7 rings (SSSR count). The molecule has 16 heteroatoms. The van der Waals surface area contributed by atoms with E-state index in [9.17, 15) is 19.2 Å². The van der Waals surface area contributed by atoms with Crippen LogP contribution in [0.15, 0.2) is 48.7 Å². The standard InChI is InChI=1S/C41H51N9O7/c1-26(2)32-23-43-50-37(32)46-41(57-30-15-17-48(3)18-16-30)47-40(50)42-22-27-9-11-29(12-10-27)44-36(52)25-56-21-20-55-19-5-7-28-6-4-8-31-33(28)24-49(39(31)54)34-13-14-35(51)45-38(34)53/h4,6,8-12,23,26,30,34H,5,7,13-22,24-25H2,1-3H3,(H,44,52)(H,42,46,47)(H,45,51,53). The van der Waals surface area contributed by atoms with Crippen molar-refractivity contribution in [3.05, 3.63) is 76.5 Å². The number of carbonyl (C=O) groups excluding carboxylic acids is 4. The molecule has 3 aliphatic rings. The van der Waals surface area contributed by atoms with Crippen LogP contribution in [0.5, 0.6) is 6.01 Å². The first-order chi connectivity index (χ1) is 27.6. The molecule has 2 aromatic carbocycles. The van der Waals surface area contributed by atoms with Gasteiger partial charge < -0.3 is 34.6 Å². The number of aromatic nitrogens is 4. The summed E-state index contributed by atoms with van der Waals surface area (Å²) in [7, 11) is 2.12. The molecule has 2 aromatic heterocycles. The van der Waals surface area contributed by atoms with Crippen LogP contribution in [-0.4, -0.2) is 112 Å². The van der Waals surface area contributed by atoms with E-state index in [1.807, 2.05) is 42.6 Å². The Morgan fingerprint density at radius 3 is 2.54 bits per heavy atom. The van der Waals surface area contributed by atoms with Gasteiger partial charge in [0, 0.05) is 56.0 Å². The van der Waals surface area contributed by atoms with Crippen LogP contribution in [0.1, 0.15) is 84.5 Å². The van der Waals surface area contributed by atoms with Crippen molar-refractivity contribution in [3.63, 3.8) is 0 Å². The highest BCUT2D eigenvalue weighted by molar-refractivity contribution is 6.05. The molecule has 0 radical (unpaired) electrons. The molecule has 0 aliphatic carbocycles. The second-order valence-electron chi connectivity index (χ2n) is 15.2. The summed E-state index contributed by atoms with van der Waals surface area (Å²) in [4.78, 5) is 62.9. The number of likely N-dealkylation sites (tertiary alicyclic amines) is 1. The molecular weight excluding hydrogens is 731 g/mol. The highest BCUT2D eigenvalue weighted by atomic mass is 16.5. The molecular formula is C41H51N9O7. The Morgan fingerprint density at radius 2 is 1.77 bits per heavy atom. The number of piperidine rings is 2. The zero-order valence-electron chi connectivity index (χ0n) is 32.8. The van der Waals surface area contributed by atoms with Crippen molar-refractivity contribution in [2.45, 2.75) is 83.5 Å². The number of hydrogen-bond donors (Lipinski definition) is 3. The van der Waals surface area contributed by atoms with E-state index in [2.05, 4.69) is 46.8 Å². The quantitative estimate of drug-likeness (QED) is 0.105. The predicted octanol–water partition coefficient (Wildman–Crippen LogP) is 3.70. The third-order valence-electron chi connectivity index (χ3n) is 10.6. The van der Waals surface area contributed by atoms with Crippen molar-refractivity contribution in [2.75, 3.05) is 57.2 Å². The van der Waals surface area contributed by atoms with Gasteiger partial charge in [-0.2, -0.15) is 19.6 Å². The van der Waals surface area contributed by atoms with E-state index >= 15 is 0 Å². The molecule has 57 heavy (non-hydrogen) atoms. The van der Waals surface area contributed by atoms with Crippen LogP contribution < -0.4 is 20.7 Å². The number of hydrogen-bond acceptors (Lipinski definition) is 12. The van der Waals surface area contributed by atoms with Crippen LogP contribution in [0.25, 0.3) is 5.65 Å². The van der Waals surface area contributed by atoms with Gasteiger partial charge >= 0.3 is 6.01 Å². The highest BCUT2D eigenvalue weighted by Crippen LogP contribution is 2.30. The fourth-order valence-electron chi connectivity index (χ4n) is 7.42. The lowest BCUT2D eigenvalue weighted by Gasteiger charge is -2.29. The Hall–Kier alpha value is -5.45. The average Bonchev–Trinajstić information content (AvgIpc) is 3.78. The number of amides is 4. The van der Waals surface area contributed by atoms with E-state index in [1.54, 1.807) is 15.5 Å². The van der Waals surface area contributed by atoms with Gasteiger partial charge in [-0.25, -0.2) is 0 Å². The first-order valence-electron chi connectivity index (χ1n) is 19.8. The third-order valence-corrected chi connectivity index (χ3v) is 10.6. The Kier molecular flexibility index (Phi) is 12.7. The average molecular weight is 782 g/mol.